The maximum absolute atomic E-state index is 9.91. The molecule has 1 rings (SSSR count). The van der Waals surface area contributed by atoms with Crippen LogP contribution in [0.25, 0.3) is 0 Å². The largest absolute Gasteiger partial charge is 0.333 e. The van der Waals surface area contributed by atoms with Gasteiger partial charge in [0.2, 0.25) is 0 Å². The van der Waals surface area contributed by atoms with E-state index in [1.165, 1.54) is 0 Å². The van der Waals surface area contributed by atoms with Crippen molar-refractivity contribution in [3.05, 3.63) is 6.04 Å². The number of hydrogen-bond acceptors (Lipinski definition) is 2. The third kappa shape index (κ3) is 2.25. The van der Waals surface area contributed by atoms with Crippen LogP contribution >= 0.6 is 0 Å². The van der Waals surface area contributed by atoms with E-state index >= 15 is 0 Å². The van der Waals surface area contributed by atoms with Crippen LogP contribution in [-0.2, 0) is 10.3 Å². The molecule has 1 fully saturated rings. The Morgan fingerprint density at radius 3 is 2.12 bits per heavy atom. The van der Waals surface area contributed by atoms with Crippen molar-refractivity contribution in [2.45, 2.75) is 12.8 Å². The van der Waals surface area contributed by atoms with E-state index in [1.54, 1.807) is 0 Å². The van der Waals surface area contributed by atoms with Crippen LogP contribution in [0.15, 0.2) is 0 Å². The average Bonchev–Trinajstić information content (AvgIpc) is 2.12. The lowest BCUT2D eigenvalue weighted by Crippen LogP contribution is -2.19. The molecule has 1 saturated carbocycles. The Bertz CT molecular complexity index is 169. The molecule has 4 nitrogen and oxygen atoms in total. The molecule has 0 bridgehead atoms. The summed E-state index contributed by atoms with van der Waals surface area (Å²) in [6.07, 6.45) is 1.53. The van der Waals surface area contributed by atoms with Gasteiger partial charge in [0, 0.05) is 0 Å². The Morgan fingerprint density at radius 1 is 1.50 bits per heavy atom. The molecule has 0 amide bonds. The highest BCUT2D eigenvalue weighted by atomic mass is 32.2. The first-order chi connectivity index (χ1) is 3.58. The van der Waals surface area contributed by atoms with E-state index < -0.39 is 10.3 Å². The first-order valence-electron chi connectivity index (χ1n) is 2.18. The summed E-state index contributed by atoms with van der Waals surface area (Å²) >= 11 is 0. The van der Waals surface area contributed by atoms with E-state index in [9.17, 15) is 8.42 Å². The Hall–Kier alpha value is -0.130. The molecular weight excluding hydrogens is 130 g/mol. The van der Waals surface area contributed by atoms with E-state index in [4.69, 9.17) is 4.55 Å². The van der Waals surface area contributed by atoms with Crippen molar-refractivity contribution in [1.82, 2.24) is 4.72 Å². The fraction of sp³-hybridized carbons (Fsp3) is 0.667. The normalized spacial score (nSPS) is 21.1. The fourth-order valence-electron chi connectivity index (χ4n) is 0.347. The minimum atomic E-state index is -3.95. The van der Waals surface area contributed by atoms with Crippen molar-refractivity contribution in [1.29, 1.82) is 0 Å². The van der Waals surface area contributed by atoms with E-state index in [-0.39, 0.29) is 0 Å². The second-order valence-electron chi connectivity index (χ2n) is 1.68. The summed E-state index contributed by atoms with van der Waals surface area (Å²) in [5.74, 6) is 0. The Balaban J connectivity index is 2.38. The zero-order valence-corrected chi connectivity index (χ0v) is 4.90. The molecular formula is C3H6NO3S. The highest BCUT2D eigenvalue weighted by Gasteiger charge is 2.26. The standard InChI is InChI=1S/C3H6NO3S/c5-8(6,7)4-3-1-2-3/h4H,1-2H2,(H,5,6,7). The van der Waals surface area contributed by atoms with Gasteiger partial charge in [0.1, 0.15) is 0 Å². The van der Waals surface area contributed by atoms with Gasteiger partial charge in [0.25, 0.3) is 0 Å². The van der Waals surface area contributed by atoms with Crippen LogP contribution in [0.5, 0.6) is 0 Å². The van der Waals surface area contributed by atoms with Crippen LogP contribution in [0.1, 0.15) is 12.8 Å². The van der Waals surface area contributed by atoms with Crippen LogP contribution in [0.2, 0.25) is 0 Å². The topological polar surface area (TPSA) is 66.4 Å². The van der Waals surface area contributed by atoms with Gasteiger partial charge >= 0.3 is 10.3 Å². The van der Waals surface area contributed by atoms with Crippen LogP contribution in [-0.4, -0.2) is 13.0 Å². The van der Waals surface area contributed by atoms with Gasteiger partial charge in [-0.2, -0.15) is 13.1 Å². The lowest BCUT2D eigenvalue weighted by Gasteiger charge is -1.91. The molecule has 0 atom stereocenters. The lowest BCUT2D eigenvalue weighted by atomic mass is 10.8. The maximum atomic E-state index is 9.91. The predicted molar refractivity (Wildman–Crippen MR) is 27.2 cm³/mol. The molecule has 1 aliphatic rings. The first kappa shape index (κ1) is 6.00. The van der Waals surface area contributed by atoms with Gasteiger partial charge < -0.3 is 0 Å². The van der Waals surface area contributed by atoms with Crippen molar-refractivity contribution in [2.75, 3.05) is 0 Å². The van der Waals surface area contributed by atoms with Crippen molar-refractivity contribution in [2.24, 2.45) is 0 Å². The van der Waals surface area contributed by atoms with E-state index in [2.05, 4.69) is 0 Å². The van der Waals surface area contributed by atoms with E-state index in [1.807, 2.05) is 4.72 Å². The van der Waals surface area contributed by atoms with Gasteiger partial charge in [-0.3, -0.25) is 4.55 Å². The van der Waals surface area contributed by atoms with Gasteiger partial charge in [0.15, 0.2) is 0 Å². The first-order valence-corrected chi connectivity index (χ1v) is 3.62. The summed E-state index contributed by atoms with van der Waals surface area (Å²) in [7, 11) is -3.95. The van der Waals surface area contributed by atoms with Crippen molar-refractivity contribution in [3.8, 4) is 0 Å². The highest BCUT2D eigenvalue weighted by Crippen LogP contribution is 2.28. The molecule has 8 heavy (non-hydrogen) atoms. The molecule has 1 aliphatic carbocycles. The molecule has 1 radical (unpaired) electrons. The second kappa shape index (κ2) is 1.68. The molecule has 0 aliphatic heterocycles. The Labute approximate surface area is 47.8 Å². The molecule has 2 N–H and O–H groups in total. The quantitative estimate of drug-likeness (QED) is 0.512. The monoisotopic (exact) mass is 136 g/mol. The number of nitrogens with one attached hydrogen (secondary N) is 1. The number of rotatable bonds is 2. The summed E-state index contributed by atoms with van der Waals surface area (Å²) < 4.78 is 29.8. The molecule has 0 unspecified atom stereocenters. The summed E-state index contributed by atoms with van der Waals surface area (Å²) in [5.41, 5.74) is 0. The fourth-order valence-corrected chi connectivity index (χ4v) is 0.916. The molecule has 5 heteroatoms. The lowest BCUT2D eigenvalue weighted by molar-refractivity contribution is 0.472. The summed E-state index contributed by atoms with van der Waals surface area (Å²) in [5, 5.41) is 0. The maximum Gasteiger partial charge on any atom is 0.333 e. The van der Waals surface area contributed by atoms with Gasteiger partial charge in [-0.25, -0.2) is 0 Å². The summed E-state index contributed by atoms with van der Waals surface area (Å²) in [4.78, 5) is 0. The highest BCUT2D eigenvalue weighted by molar-refractivity contribution is 7.83. The van der Waals surface area contributed by atoms with Crippen molar-refractivity contribution >= 4 is 10.3 Å². The number of hydrogen-bond donors (Lipinski definition) is 2. The Morgan fingerprint density at radius 2 is 2.00 bits per heavy atom. The van der Waals surface area contributed by atoms with Gasteiger partial charge in [-0.05, 0) is 12.8 Å². The van der Waals surface area contributed by atoms with Crippen molar-refractivity contribution in [3.63, 3.8) is 0 Å². The molecule has 47 valence electrons. The molecule has 0 heterocycles. The predicted octanol–water partition coefficient (Wildman–Crippen LogP) is -0.295. The summed E-state index contributed by atoms with van der Waals surface area (Å²) in [6, 6.07) is 0.688. The third-order valence-corrected chi connectivity index (χ3v) is 1.32. The van der Waals surface area contributed by atoms with Gasteiger partial charge in [-0.1, -0.05) is 0 Å². The second-order valence-corrected chi connectivity index (χ2v) is 2.83. The summed E-state index contributed by atoms with van der Waals surface area (Å²) in [6.45, 7) is 0. The molecule has 0 saturated heterocycles. The molecule has 0 aromatic carbocycles. The minimum Gasteiger partial charge on any atom is -0.273 e. The van der Waals surface area contributed by atoms with Crippen molar-refractivity contribution < 1.29 is 13.0 Å². The van der Waals surface area contributed by atoms with Crippen LogP contribution < -0.4 is 4.72 Å². The van der Waals surface area contributed by atoms with Gasteiger partial charge in [0.05, 0.1) is 6.04 Å². The van der Waals surface area contributed by atoms with Crippen LogP contribution in [0, 0.1) is 6.04 Å². The van der Waals surface area contributed by atoms with E-state index in [0.29, 0.717) is 6.04 Å². The molecule has 0 aromatic heterocycles. The molecule has 0 spiro atoms. The zero-order chi connectivity index (χ0) is 6.20. The molecule has 0 aromatic rings. The van der Waals surface area contributed by atoms with Crippen LogP contribution in [0.4, 0.5) is 0 Å². The van der Waals surface area contributed by atoms with E-state index in [0.717, 1.165) is 12.8 Å². The smallest absolute Gasteiger partial charge is 0.273 e. The average molecular weight is 136 g/mol. The van der Waals surface area contributed by atoms with Crippen LogP contribution in [0.3, 0.4) is 0 Å². The zero-order valence-electron chi connectivity index (χ0n) is 4.09. The SMILES string of the molecule is O=S(=O)(O)N[C]1CC1. The van der Waals surface area contributed by atoms with Gasteiger partial charge in [-0.15, -0.1) is 0 Å². The third-order valence-electron chi connectivity index (χ3n) is 0.773. The Kier molecular flexibility index (Phi) is 1.26. The minimum absolute atomic E-state index is 0.688.